The molecule has 2 aromatic heterocycles. The highest BCUT2D eigenvalue weighted by Crippen LogP contribution is 2.35. The van der Waals surface area contributed by atoms with Gasteiger partial charge in [0, 0.05) is 44.3 Å². The zero-order valence-corrected chi connectivity index (χ0v) is 27.9. The van der Waals surface area contributed by atoms with Crippen molar-refractivity contribution in [3.05, 3.63) is 166 Å². The molecule has 7 rings (SSSR count). The van der Waals surface area contributed by atoms with Crippen molar-refractivity contribution in [1.29, 1.82) is 0 Å². The van der Waals surface area contributed by atoms with Gasteiger partial charge in [-0.15, -0.1) is 0 Å². The van der Waals surface area contributed by atoms with Crippen LogP contribution < -0.4 is 14.9 Å². The van der Waals surface area contributed by atoms with Crippen LogP contribution in [0.4, 0.5) is 0 Å². The Morgan fingerprint density at radius 3 is 2.38 bits per heavy atom. The molecule has 6 nitrogen and oxygen atoms in total. The second kappa shape index (κ2) is 12.8. The van der Waals surface area contributed by atoms with Crippen molar-refractivity contribution in [2.45, 2.75) is 26.4 Å². The van der Waals surface area contributed by atoms with Gasteiger partial charge in [0.25, 0.3) is 5.56 Å². The van der Waals surface area contributed by atoms with Gasteiger partial charge in [0.05, 0.1) is 28.5 Å². The van der Waals surface area contributed by atoms with Crippen LogP contribution in [0.2, 0.25) is 10.0 Å². The molecule has 0 amide bonds. The third kappa shape index (κ3) is 5.65. The summed E-state index contributed by atoms with van der Waals surface area (Å²) in [4.78, 5) is 33.6. The van der Waals surface area contributed by atoms with E-state index in [0.717, 1.165) is 38.9 Å². The number of hydrogen-bond donors (Lipinski definition) is 0. The molecule has 1 aliphatic heterocycles. The van der Waals surface area contributed by atoms with E-state index in [1.54, 1.807) is 17.6 Å². The second-order valence-electron chi connectivity index (χ2n) is 11.2. The molecule has 4 aromatic carbocycles. The molecule has 0 bridgehead atoms. The van der Waals surface area contributed by atoms with Crippen molar-refractivity contribution < 1.29 is 9.53 Å². The van der Waals surface area contributed by atoms with Crippen LogP contribution in [-0.2, 0) is 16.1 Å². The highest BCUT2D eigenvalue weighted by atomic mass is 35.5. The minimum atomic E-state index is -0.724. The lowest BCUT2D eigenvalue weighted by Gasteiger charge is -2.25. The van der Waals surface area contributed by atoms with E-state index in [1.807, 2.05) is 97.9 Å². The minimum Gasteiger partial charge on any atom is -0.463 e. The Hall–Kier alpha value is -4.69. The number of thiazole rings is 1. The fourth-order valence-electron chi connectivity index (χ4n) is 6.19. The highest BCUT2D eigenvalue weighted by molar-refractivity contribution is 7.07. The smallest absolute Gasteiger partial charge is 0.338 e. The van der Waals surface area contributed by atoms with Crippen LogP contribution in [0.5, 0.6) is 0 Å². The van der Waals surface area contributed by atoms with Crippen LogP contribution >= 0.6 is 34.5 Å². The molecular weight excluding hydrogens is 649 g/mol. The van der Waals surface area contributed by atoms with Crippen molar-refractivity contribution in [3.8, 4) is 0 Å². The molecule has 0 unspecified atom stereocenters. The van der Waals surface area contributed by atoms with Gasteiger partial charge in [-0.3, -0.25) is 9.36 Å². The summed E-state index contributed by atoms with van der Waals surface area (Å²) in [5.74, 6) is -0.502. The van der Waals surface area contributed by atoms with Crippen molar-refractivity contribution in [2.75, 3.05) is 6.61 Å². The number of ether oxygens (including phenoxy) is 1. The summed E-state index contributed by atoms with van der Waals surface area (Å²) in [6.07, 6.45) is 1.94. The van der Waals surface area contributed by atoms with E-state index in [-0.39, 0.29) is 12.2 Å². The van der Waals surface area contributed by atoms with Gasteiger partial charge >= 0.3 is 5.97 Å². The number of benzene rings is 4. The quantitative estimate of drug-likeness (QED) is 0.164. The van der Waals surface area contributed by atoms with E-state index in [2.05, 4.69) is 16.7 Å². The Bertz CT molecular complexity index is 2370. The summed E-state index contributed by atoms with van der Waals surface area (Å²) in [6.45, 7) is 4.55. The van der Waals surface area contributed by atoms with Gasteiger partial charge in [0.2, 0.25) is 0 Å². The van der Waals surface area contributed by atoms with Crippen molar-refractivity contribution >= 4 is 63.2 Å². The molecule has 47 heavy (non-hydrogen) atoms. The summed E-state index contributed by atoms with van der Waals surface area (Å²) in [7, 11) is 0. The topological polar surface area (TPSA) is 65.6 Å². The Labute approximate surface area is 285 Å². The zero-order chi connectivity index (χ0) is 32.7. The minimum absolute atomic E-state index is 0.195. The first-order chi connectivity index (χ1) is 22.9. The summed E-state index contributed by atoms with van der Waals surface area (Å²) in [5, 5.41) is 2.19. The fraction of sp³-hybridized carbons (Fsp3) is 0.132. The first-order valence-electron chi connectivity index (χ1n) is 15.2. The van der Waals surface area contributed by atoms with E-state index < -0.39 is 12.0 Å². The van der Waals surface area contributed by atoms with Crippen LogP contribution in [0.15, 0.2) is 118 Å². The van der Waals surface area contributed by atoms with E-state index in [1.165, 1.54) is 11.3 Å². The molecule has 9 heteroatoms. The first kappa shape index (κ1) is 30.9. The Kier molecular flexibility index (Phi) is 8.45. The number of aromatic nitrogens is 2. The van der Waals surface area contributed by atoms with Gasteiger partial charge < -0.3 is 9.30 Å². The SMILES string of the molecule is CCOC(=O)C1=C(c2ccccc2)N=c2s/c(=C\c3c(C)n(Cc4ccc(Cl)cc4Cl)c4ccccc34)c(=O)n2[C@H]1c1ccccc1. The van der Waals surface area contributed by atoms with Gasteiger partial charge in [-0.05, 0) is 49.2 Å². The summed E-state index contributed by atoms with van der Waals surface area (Å²) >= 11 is 14.1. The Morgan fingerprint density at radius 2 is 1.66 bits per heavy atom. The Morgan fingerprint density at radius 1 is 0.957 bits per heavy atom. The van der Waals surface area contributed by atoms with Crippen LogP contribution in [-0.4, -0.2) is 21.7 Å². The van der Waals surface area contributed by atoms with Gasteiger partial charge in [-0.2, -0.15) is 0 Å². The summed E-state index contributed by atoms with van der Waals surface area (Å²) in [6, 6.07) is 32.1. The summed E-state index contributed by atoms with van der Waals surface area (Å²) in [5.41, 5.74) is 6.04. The number of nitrogens with zero attached hydrogens (tertiary/aromatic N) is 3. The average Bonchev–Trinajstić information content (AvgIpc) is 3.54. The van der Waals surface area contributed by atoms with Crippen LogP contribution in [0.1, 0.15) is 40.9 Å². The second-order valence-corrected chi connectivity index (χ2v) is 13.0. The van der Waals surface area contributed by atoms with E-state index in [9.17, 15) is 9.59 Å². The monoisotopic (exact) mass is 677 g/mol. The number of fused-ring (bicyclic) bond motifs is 2. The lowest BCUT2D eigenvalue weighted by Crippen LogP contribution is -2.40. The molecule has 0 radical (unpaired) electrons. The molecule has 6 aromatic rings. The highest BCUT2D eigenvalue weighted by Gasteiger charge is 2.35. The van der Waals surface area contributed by atoms with Crippen molar-refractivity contribution in [3.63, 3.8) is 0 Å². The number of carbonyl (C=O) groups is 1. The third-order valence-electron chi connectivity index (χ3n) is 8.39. The average molecular weight is 679 g/mol. The first-order valence-corrected chi connectivity index (χ1v) is 16.8. The maximum atomic E-state index is 14.5. The third-order valence-corrected chi connectivity index (χ3v) is 9.96. The molecule has 234 valence electrons. The number of carbonyl (C=O) groups excluding carboxylic acids is 1. The molecule has 1 aliphatic rings. The fourth-order valence-corrected chi connectivity index (χ4v) is 7.64. The maximum absolute atomic E-state index is 14.5. The molecule has 0 spiro atoms. The lowest BCUT2D eigenvalue weighted by molar-refractivity contribution is -0.138. The molecule has 0 saturated heterocycles. The molecule has 0 saturated carbocycles. The molecule has 0 fully saturated rings. The van der Waals surface area contributed by atoms with Crippen LogP contribution in [0, 0.1) is 6.92 Å². The number of hydrogen-bond acceptors (Lipinski definition) is 5. The van der Waals surface area contributed by atoms with E-state index >= 15 is 0 Å². The van der Waals surface area contributed by atoms with Crippen LogP contribution in [0.25, 0.3) is 22.7 Å². The lowest BCUT2D eigenvalue weighted by atomic mass is 9.93. The predicted molar refractivity (Wildman–Crippen MR) is 190 cm³/mol. The largest absolute Gasteiger partial charge is 0.463 e. The zero-order valence-electron chi connectivity index (χ0n) is 25.6. The number of rotatable bonds is 7. The molecule has 0 aliphatic carbocycles. The number of halogens is 2. The predicted octanol–water partition coefficient (Wildman–Crippen LogP) is 7.55. The molecule has 0 N–H and O–H groups in total. The van der Waals surface area contributed by atoms with Gasteiger partial charge in [0.1, 0.15) is 0 Å². The van der Waals surface area contributed by atoms with Crippen LogP contribution in [0.3, 0.4) is 0 Å². The number of esters is 1. The molecular formula is C38H29Cl2N3O3S. The molecule has 3 heterocycles. The maximum Gasteiger partial charge on any atom is 0.338 e. The van der Waals surface area contributed by atoms with E-state index in [4.69, 9.17) is 32.9 Å². The van der Waals surface area contributed by atoms with Crippen molar-refractivity contribution in [2.24, 2.45) is 4.99 Å². The van der Waals surface area contributed by atoms with Gasteiger partial charge in [0.15, 0.2) is 4.80 Å². The van der Waals surface area contributed by atoms with E-state index in [0.29, 0.717) is 37.2 Å². The van der Waals surface area contributed by atoms with Gasteiger partial charge in [-0.25, -0.2) is 9.79 Å². The van der Waals surface area contributed by atoms with Gasteiger partial charge in [-0.1, -0.05) is 119 Å². The Balaban J connectivity index is 1.46. The normalized spacial score (nSPS) is 14.7. The molecule has 1 atom stereocenters. The summed E-state index contributed by atoms with van der Waals surface area (Å²) < 4.78 is 9.92. The standard InChI is InChI=1S/C38H29Cl2N3O3S/c1-3-46-37(45)33-34(24-12-6-4-7-13-24)41-38-43(35(33)25-14-8-5-9-15-25)36(44)32(47-38)21-29-23(2)42(31-17-11-10-16-28(29)31)22-26-18-19-27(39)20-30(26)40/h4-21,35H,3,22H2,1-2H3/b32-21-/t35-/m0/s1. The van der Waals surface area contributed by atoms with Crippen molar-refractivity contribution in [1.82, 2.24) is 9.13 Å². The number of para-hydroxylation sites is 1.